The Morgan fingerprint density at radius 1 is 1.35 bits per heavy atom. The summed E-state index contributed by atoms with van der Waals surface area (Å²) in [4.78, 5) is 14.0. The molecule has 2 heterocycles. The molecule has 0 saturated heterocycles. The van der Waals surface area contributed by atoms with Gasteiger partial charge >= 0.3 is 0 Å². The average Bonchev–Trinajstić information content (AvgIpc) is 3.05. The van der Waals surface area contributed by atoms with Gasteiger partial charge in [-0.05, 0) is 35.4 Å². The number of carbonyl (C=O) groups is 1. The van der Waals surface area contributed by atoms with Gasteiger partial charge in [0.1, 0.15) is 4.88 Å². The van der Waals surface area contributed by atoms with Crippen LogP contribution in [0.5, 0.6) is 0 Å². The molecule has 2 aromatic heterocycles. The quantitative estimate of drug-likeness (QED) is 0.853. The summed E-state index contributed by atoms with van der Waals surface area (Å²) in [5.74, 6) is 5.67. The molecule has 0 unspecified atom stereocenters. The first-order valence-corrected chi connectivity index (χ1v) is 7.96. The molecule has 0 aliphatic carbocycles. The maximum atomic E-state index is 12.2. The van der Waals surface area contributed by atoms with Crippen molar-refractivity contribution in [3.63, 3.8) is 0 Å². The van der Waals surface area contributed by atoms with E-state index in [1.165, 1.54) is 21.8 Å². The van der Waals surface area contributed by atoms with Crippen LogP contribution in [0.4, 0.5) is 0 Å². The second kappa shape index (κ2) is 7.25. The highest BCUT2D eigenvalue weighted by Gasteiger charge is 2.12. The maximum Gasteiger partial charge on any atom is 0.262 e. The van der Waals surface area contributed by atoms with Gasteiger partial charge < -0.3 is 10.4 Å². The third-order valence-electron chi connectivity index (χ3n) is 2.71. The van der Waals surface area contributed by atoms with Gasteiger partial charge in [-0.1, -0.05) is 11.8 Å². The third kappa shape index (κ3) is 3.70. The van der Waals surface area contributed by atoms with Crippen molar-refractivity contribution in [3.8, 4) is 11.8 Å². The van der Waals surface area contributed by atoms with Gasteiger partial charge in [0.15, 0.2) is 0 Å². The van der Waals surface area contributed by atoms with Crippen LogP contribution in [-0.2, 0) is 6.54 Å². The summed E-state index contributed by atoms with van der Waals surface area (Å²) in [6.45, 7) is 2.62. The standard InChI is InChI=1S/C15H15NO2S2/c1-11-5-8-19-13(11)10-16-15(18)14-12(6-9-20-14)4-2-3-7-17/h5-6,8-9,17H,3,7,10H2,1H3,(H,16,18). The van der Waals surface area contributed by atoms with Gasteiger partial charge in [-0.3, -0.25) is 4.79 Å². The molecule has 5 heteroatoms. The summed E-state index contributed by atoms with van der Waals surface area (Å²) in [6, 6.07) is 3.88. The highest BCUT2D eigenvalue weighted by Crippen LogP contribution is 2.18. The fourth-order valence-electron chi connectivity index (χ4n) is 1.62. The Labute approximate surface area is 126 Å². The van der Waals surface area contributed by atoms with E-state index in [4.69, 9.17) is 5.11 Å². The van der Waals surface area contributed by atoms with E-state index in [2.05, 4.69) is 17.2 Å². The number of amides is 1. The lowest BCUT2D eigenvalue weighted by Crippen LogP contribution is -2.22. The van der Waals surface area contributed by atoms with Crippen LogP contribution in [-0.4, -0.2) is 17.6 Å². The predicted octanol–water partition coefficient (Wildman–Crippen LogP) is 2.78. The van der Waals surface area contributed by atoms with E-state index in [0.717, 1.165) is 5.56 Å². The molecule has 3 nitrogen and oxygen atoms in total. The second-order valence-electron chi connectivity index (χ2n) is 4.15. The molecule has 0 fully saturated rings. The molecular formula is C15H15NO2S2. The third-order valence-corrected chi connectivity index (χ3v) is 4.65. The summed E-state index contributed by atoms with van der Waals surface area (Å²) in [5.41, 5.74) is 1.92. The molecule has 0 spiro atoms. The highest BCUT2D eigenvalue weighted by molar-refractivity contribution is 7.12. The number of nitrogens with one attached hydrogen (secondary N) is 1. The van der Waals surface area contributed by atoms with E-state index in [0.29, 0.717) is 17.8 Å². The molecule has 20 heavy (non-hydrogen) atoms. The van der Waals surface area contributed by atoms with Crippen molar-refractivity contribution in [3.05, 3.63) is 43.8 Å². The largest absolute Gasteiger partial charge is 0.395 e. The first-order chi connectivity index (χ1) is 9.72. The Morgan fingerprint density at radius 3 is 2.85 bits per heavy atom. The Kier molecular flexibility index (Phi) is 5.36. The van der Waals surface area contributed by atoms with Crippen LogP contribution >= 0.6 is 22.7 Å². The molecule has 2 rings (SSSR count). The Bertz CT molecular complexity index is 646. The van der Waals surface area contributed by atoms with Gasteiger partial charge in [0, 0.05) is 16.9 Å². The molecule has 2 N–H and O–H groups in total. The summed E-state index contributed by atoms with van der Waals surface area (Å²) in [7, 11) is 0. The zero-order valence-electron chi connectivity index (χ0n) is 11.1. The Hall–Kier alpha value is -1.61. The van der Waals surface area contributed by atoms with Gasteiger partial charge in [0.2, 0.25) is 0 Å². The van der Waals surface area contributed by atoms with Crippen LogP contribution < -0.4 is 5.32 Å². The Balaban J connectivity index is 2.01. The van der Waals surface area contributed by atoms with Crippen molar-refractivity contribution < 1.29 is 9.90 Å². The number of aliphatic hydroxyl groups excluding tert-OH is 1. The van der Waals surface area contributed by atoms with E-state index in [9.17, 15) is 4.79 Å². The molecule has 0 aliphatic rings. The van der Waals surface area contributed by atoms with Crippen molar-refractivity contribution in [2.75, 3.05) is 6.61 Å². The van der Waals surface area contributed by atoms with Crippen molar-refractivity contribution in [1.82, 2.24) is 5.32 Å². The summed E-state index contributed by atoms with van der Waals surface area (Å²) in [5, 5.41) is 15.5. The topological polar surface area (TPSA) is 49.3 Å². The number of hydrogen-bond acceptors (Lipinski definition) is 4. The second-order valence-corrected chi connectivity index (χ2v) is 6.07. The van der Waals surface area contributed by atoms with E-state index >= 15 is 0 Å². The zero-order chi connectivity index (χ0) is 14.4. The van der Waals surface area contributed by atoms with Crippen molar-refractivity contribution in [2.24, 2.45) is 0 Å². The number of rotatable bonds is 4. The average molecular weight is 305 g/mol. The Morgan fingerprint density at radius 2 is 2.15 bits per heavy atom. The number of hydrogen-bond donors (Lipinski definition) is 2. The van der Waals surface area contributed by atoms with E-state index in [1.807, 2.05) is 29.8 Å². The summed E-state index contributed by atoms with van der Waals surface area (Å²) < 4.78 is 0. The van der Waals surface area contributed by atoms with Crippen LogP contribution in [0, 0.1) is 18.8 Å². The van der Waals surface area contributed by atoms with Crippen LogP contribution in [0.1, 0.15) is 32.1 Å². The van der Waals surface area contributed by atoms with Crippen molar-refractivity contribution >= 4 is 28.6 Å². The first kappa shape index (κ1) is 14.8. The SMILES string of the molecule is Cc1ccsc1CNC(=O)c1sccc1C#CCCO. The minimum atomic E-state index is -0.0962. The highest BCUT2D eigenvalue weighted by atomic mass is 32.1. The van der Waals surface area contributed by atoms with Gasteiger partial charge in [0.25, 0.3) is 5.91 Å². The lowest BCUT2D eigenvalue weighted by atomic mass is 10.2. The van der Waals surface area contributed by atoms with Crippen LogP contribution in [0.25, 0.3) is 0 Å². The van der Waals surface area contributed by atoms with Gasteiger partial charge in [-0.15, -0.1) is 22.7 Å². The molecule has 0 saturated carbocycles. The molecule has 0 bridgehead atoms. The van der Waals surface area contributed by atoms with Gasteiger partial charge in [-0.2, -0.15) is 0 Å². The summed E-state index contributed by atoms with van der Waals surface area (Å²) in [6.07, 6.45) is 0.422. The van der Waals surface area contributed by atoms with Crippen molar-refractivity contribution in [2.45, 2.75) is 19.9 Å². The smallest absolute Gasteiger partial charge is 0.262 e. The van der Waals surface area contributed by atoms with Crippen molar-refractivity contribution in [1.29, 1.82) is 0 Å². The number of aliphatic hydroxyl groups is 1. The molecule has 2 aromatic rings. The normalized spacial score (nSPS) is 9.90. The van der Waals surface area contributed by atoms with Gasteiger partial charge in [-0.25, -0.2) is 0 Å². The van der Waals surface area contributed by atoms with Gasteiger partial charge in [0.05, 0.1) is 13.2 Å². The van der Waals surface area contributed by atoms with Crippen LogP contribution in [0.3, 0.4) is 0 Å². The predicted molar refractivity (Wildman–Crippen MR) is 83.1 cm³/mol. The minimum Gasteiger partial charge on any atom is -0.395 e. The van der Waals surface area contributed by atoms with E-state index < -0.39 is 0 Å². The first-order valence-electron chi connectivity index (χ1n) is 6.20. The van der Waals surface area contributed by atoms with E-state index in [1.54, 1.807) is 11.3 Å². The minimum absolute atomic E-state index is 0.0380. The number of carbonyl (C=O) groups excluding carboxylic acids is 1. The fourth-order valence-corrected chi connectivity index (χ4v) is 3.23. The molecule has 0 aliphatic heterocycles. The van der Waals surface area contributed by atoms with E-state index in [-0.39, 0.29) is 12.5 Å². The molecule has 1 amide bonds. The zero-order valence-corrected chi connectivity index (χ0v) is 12.7. The lowest BCUT2D eigenvalue weighted by Gasteiger charge is -2.03. The molecular weight excluding hydrogens is 290 g/mol. The molecule has 0 radical (unpaired) electrons. The molecule has 0 aromatic carbocycles. The number of aryl methyl sites for hydroxylation is 1. The fraction of sp³-hybridized carbons (Fsp3) is 0.267. The van der Waals surface area contributed by atoms with Crippen LogP contribution in [0.2, 0.25) is 0 Å². The monoisotopic (exact) mass is 305 g/mol. The number of thiophene rings is 2. The molecule has 0 atom stereocenters. The van der Waals surface area contributed by atoms with Crippen LogP contribution in [0.15, 0.2) is 22.9 Å². The summed E-state index contributed by atoms with van der Waals surface area (Å²) >= 11 is 3.03. The molecule has 104 valence electrons. The lowest BCUT2D eigenvalue weighted by molar-refractivity contribution is 0.0955. The maximum absolute atomic E-state index is 12.2.